The van der Waals surface area contributed by atoms with Gasteiger partial charge in [0.25, 0.3) is 0 Å². The van der Waals surface area contributed by atoms with Crippen LogP contribution in [0.5, 0.6) is 11.5 Å². The van der Waals surface area contributed by atoms with Crippen molar-refractivity contribution in [3.05, 3.63) is 58.6 Å². The standard InChI is InChI=1S/C19H24ClNO2/c1-3-4-10-23-19-17(20)11-16(12-18(19)22-2)14-21-13-15-8-6-5-7-9-15/h5-9,11-12,21H,3-4,10,13-14H2,1-2H3. The van der Waals surface area contributed by atoms with Crippen molar-refractivity contribution in [3.8, 4) is 11.5 Å². The summed E-state index contributed by atoms with van der Waals surface area (Å²) >= 11 is 6.36. The highest BCUT2D eigenvalue weighted by atomic mass is 35.5. The Morgan fingerprint density at radius 1 is 1.04 bits per heavy atom. The zero-order chi connectivity index (χ0) is 16.5. The van der Waals surface area contributed by atoms with E-state index in [1.165, 1.54) is 5.56 Å². The lowest BCUT2D eigenvalue weighted by atomic mass is 10.2. The van der Waals surface area contributed by atoms with Gasteiger partial charge in [-0.05, 0) is 29.7 Å². The Labute approximate surface area is 143 Å². The first kappa shape index (κ1) is 17.6. The van der Waals surface area contributed by atoms with Crippen molar-refractivity contribution in [2.45, 2.75) is 32.9 Å². The lowest BCUT2D eigenvalue weighted by Gasteiger charge is -2.14. The van der Waals surface area contributed by atoms with Crippen molar-refractivity contribution >= 4 is 11.6 Å². The minimum absolute atomic E-state index is 0.594. The Bertz CT molecular complexity index is 602. The maximum Gasteiger partial charge on any atom is 0.179 e. The Balaban J connectivity index is 1.98. The SMILES string of the molecule is CCCCOc1c(Cl)cc(CNCc2ccccc2)cc1OC. The van der Waals surface area contributed by atoms with Gasteiger partial charge in [0.05, 0.1) is 18.7 Å². The lowest BCUT2D eigenvalue weighted by Crippen LogP contribution is -2.12. The molecular formula is C19H24ClNO2. The molecule has 0 radical (unpaired) electrons. The second-order valence-electron chi connectivity index (χ2n) is 5.40. The highest BCUT2D eigenvalue weighted by molar-refractivity contribution is 6.32. The van der Waals surface area contributed by atoms with Crippen LogP contribution in [0.2, 0.25) is 5.02 Å². The molecule has 0 aromatic heterocycles. The fraction of sp³-hybridized carbons (Fsp3) is 0.368. The summed E-state index contributed by atoms with van der Waals surface area (Å²) < 4.78 is 11.2. The number of methoxy groups -OCH3 is 1. The minimum Gasteiger partial charge on any atom is -0.493 e. The molecule has 3 nitrogen and oxygen atoms in total. The van der Waals surface area contributed by atoms with Crippen LogP contribution in [0.1, 0.15) is 30.9 Å². The van der Waals surface area contributed by atoms with Crippen LogP contribution >= 0.6 is 11.6 Å². The highest BCUT2D eigenvalue weighted by Crippen LogP contribution is 2.36. The van der Waals surface area contributed by atoms with Crippen molar-refractivity contribution in [2.24, 2.45) is 0 Å². The van der Waals surface area contributed by atoms with Gasteiger partial charge in [0.2, 0.25) is 0 Å². The molecule has 2 aromatic rings. The van der Waals surface area contributed by atoms with Crippen molar-refractivity contribution in [3.63, 3.8) is 0 Å². The molecule has 4 heteroatoms. The third kappa shape index (κ3) is 5.45. The van der Waals surface area contributed by atoms with Gasteiger partial charge in [0, 0.05) is 13.1 Å². The summed E-state index contributed by atoms with van der Waals surface area (Å²) in [4.78, 5) is 0. The molecule has 23 heavy (non-hydrogen) atoms. The van der Waals surface area contributed by atoms with Gasteiger partial charge < -0.3 is 14.8 Å². The maximum absolute atomic E-state index is 6.36. The second kappa shape index (κ2) is 9.43. The number of unbranched alkanes of at least 4 members (excludes halogenated alkanes) is 1. The van der Waals surface area contributed by atoms with Gasteiger partial charge in [-0.25, -0.2) is 0 Å². The number of benzene rings is 2. The molecule has 0 aliphatic rings. The summed E-state index contributed by atoms with van der Waals surface area (Å²) in [7, 11) is 1.64. The normalized spacial score (nSPS) is 10.6. The van der Waals surface area contributed by atoms with E-state index in [1.54, 1.807) is 7.11 Å². The Morgan fingerprint density at radius 2 is 1.78 bits per heavy atom. The topological polar surface area (TPSA) is 30.5 Å². The van der Waals surface area contributed by atoms with Crippen molar-refractivity contribution < 1.29 is 9.47 Å². The molecule has 0 amide bonds. The lowest BCUT2D eigenvalue weighted by molar-refractivity contribution is 0.288. The van der Waals surface area contributed by atoms with Gasteiger partial charge >= 0.3 is 0 Å². The first-order valence-electron chi connectivity index (χ1n) is 7.98. The van der Waals surface area contributed by atoms with Crippen LogP contribution < -0.4 is 14.8 Å². The van der Waals surface area contributed by atoms with Crippen molar-refractivity contribution in [1.82, 2.24) is 5.32 Å². The molecule has 1 N–H and O–H groups in total. The monoisotopic (exact) mass is 333 g/mol. The molecule has 2 rings (SSSR count). The highest BCUT2D eigenvalue weighted by Gasteiger charge is 2.11. The molecule has 0 fully saturated rings. The van der Waals surface area contributed by atoms with E-state index in [-0.39, 0.29) is 0 Å². The number of rotatable bonds is 9. The Hall–Kier alpha value is -1.71. The van der Waals surface area contributed by atoms with E-state index in [9.17, 15) is 0 Å². The average molecular weight is 334 g/mol. The maximum atomic E-state index is 6.36. The van der Waals surface area contributed by atoms with Gasteiger partial charge in [-0.3, -0.25) is 0 Å². The molecule has 0 saturated heterocycles. The predicted molar refractivity (Wildman–Crippen MR) is 95.4 cm³/mol. The van der Waals surface area contributed by atoms with Crippen LogP contribution in [0, 0.1) is 0 Å². The van der Waals surface area contributed by atoms with Crippen LogP contribution in [0.25, 0.3) is 0 Å². The van der Waals surface area contributed by atoms with E-state index in [1.807, 2.05) is 30.3 Å². The van der Waals surface area contributed by atoms with Gasteiger partial charge in [-0.15, -0.1) is 0 Å². The van der Waals surface area contributed by atoms with Crippen LogP contribution in [-0.4, -0.2) is 13.7 Å². The van der Waals surface area contributed by atoms with E-state index in [0.29, 0.717) is 23.1 Å². The minimum atomic E-state index is 0.594. The number of hydrogen-bond donors (Lipinski definition) is 1. The van der Waals surface area contributed by atoms with Crippen LogP contribution in [0.3, 0.4) is 0 Å². The van der Waals surface area contributed by atoms with E-state index >= 15 is 0 Å². The first-order chi connectivity index (χ1) is 11.2. The van der Waals surface area contributed by atoms with Crippen LogP contribution in [-0.2, 0) is 13.1 Å². The van der Waals surface area contributed by atoms with Gasteiger partial charge in [0.1, 0.15) is 0 Å². The van der Waals surface area contributed by atoms with Gasteiger partial charge in [-0.1, -0.05) is 55.3 Å². The molecule has 2 aromatic carbocycles. The average Bonchev–Trinajstić information content (AvgIpc) is 2.57. The third-order valence-electron chi connectivity index (χ3n) is 3.53. The third-order valence-corrected chi connectivity index (χ3v) is 3.82. The Morgan fingerprint density at radius 3 is 2.48 bits per heavy atom. The van der Waals surface area contributed by atoms with Gasteiger partial charge in [-0.2, -0.15) is 0 Å². The van der Waals surface area contributed by atoms with E-state index in [0.717, 1.165) is 31.5 Å². The summed E-state index contributed by atoms with van der Waals surface area (Å²) in [6.45, 7) is 4.32. The van der Waals surface area contributed by atoms with Crippen LogP contribution in [0.4, 0.5) is 0 Å². The Kier molecular flexibility index (Phi) is 7.24. The summed E-state index contributed by atoms with van der Waals surface area (Å²) in [5.74, 6) is 1.32. The second-order valence-corrected chi connectivity index (χ2v) is 5.81. The van der Waals surface area contributed by atoms with Crippen LogP contribution in [0.15, 0.2) is 42.5 Å². The van der Waals surface area contributed by atoms with Crippen molar-refractivity contribution in [2.75, 3.05) is 13.7 Å². The van der Waals surface area contributed by atoms with E-state index < -0.39 is 0 Å². The number of nitrogens with one attached hydrogen (secondary N) is 1. The van der Waals surface area contributed by atoms with Crippen molar-refractivity contribution in [1.29, 1.82) is 0 Å². The molecule has 0 aliphatic carbocycles. The number of ether oxygens (including phenoxy) is 2. The number of halogens is 1. The first-order valence-corrected chi connectivity index (χ1v) is 8.36. The van der Waals surface area contributed by atoms with Gasteiger partial charge in [0.15, 0.2) is 11.5 Å². The summed E-state index contributed by atoms with van der Waals surface area (Å²) in [6.07, 6.45) is 2.08. The quantitative estimate of drug-likeness (QED) is 0.667. The fourth-order valence-electron chi connectivity index (χ4n) is 2.28. The number of hydrogen-bond acceptors (Lipinski definition) is 3. The molecule has 0 spiro atoms. The summed E-state index contributed by atoms with van der Waals surface area (Å²) in [5.41, 5.74) is 2.33. The van der Waals surface area contributed by atoms with E-state index in [2.05, 4.69) is 24.4 Å². The molecule has 0 aliphatic heterocycles. The largest absolute Gasteiger partial charge is 0.493 e. The molecular weight excluding hydrogens is 310 g/mol. The smallest absolute Gasteiger partial charge is 0.179 e. The predicted octanol–water partition coefficient (Wildman–Crippen LogP) is 4.82. The molecule has 124 valence electrons. The molecule has 0 bridgehead atoms. The fourth-order valence-corrected chi connectivity index (χ4v) is 2.57. The zero-order valence-electron chi connectivity index (χ0n) is 13.8. The molecule has 0 saturated carbocycles. The summed E-state index contributed by atoms with van der Waals surface area (Å²) in [6, 6.07) is 14.2. The molecule has 0 atom stereocenters. The van der Waals surface area contributed by atoms with E-state index in [4.69, 9.17) is 21.1 Å². The molecule has 0 unspecified atom stereocenters. The molecule has 0 heterocycles. The summed E-state index contributed by atoms with van der Waals surface area (Å²) in [5, 5.41) is 4.01. The zero-order valence-corrected chi connectivity index (χ0v) is 14.5.